The molecule has 1 N–H and O–H groups in total. The van der Waals surface area contributed by atoms with Crippen molar-refractivity contribution < 1.29 is 9.84 Å². The molecule has 0 atom stereocenters. The standard InChI is InChI=1S/C22H18ClN3O2/c23-18-11-5-7-13-20(18)28-15-14-26-19-12-6-4-10-17(19)21(22(26)27)25-24-16-8-2-1-3-9-16/h1-13,27H,14-15H2. The van der Waals surface area contributed by atoms with Crippen LogP contribution in [0, 0.1) is 0 Å². The van der Waals surface area contributed by atoms with Gasteiger partial charge in [0.15, 0.2) is 5.69 Å². The molecule has 28 heavy (non-hydrogen) atoms. The second-order valence-corrected chi connectivity index (χ2v) is 6.56. The van der Waals surface area contributed by atoms with Gasteiger partial charge in [-0.25, -0.2) is 0 Å². The minimum absolute atomic E-state index is 0.0589. The van der Waals surface area contributed by atoms with Crippen molar-refractivity contribution in [2.45, 2.75) is 6.54 Å². The van der Waals surface area contributed by atoms with Crippen molar-refractivity contribution in [3.05, 3.63) is 83.9 Å². The lowest BCUT2D eigenvalue weighted by atomic mass is 10.2. The van der Waals surface area contributed by atoms with E-state index in [9.17, 15) is 5.11 Å². The monoisotopic (exact) mass is 391 g/mol. The van der Waals surface area contributed by atoms with E-state index in [1.807, 2.05) is 72.8 Å². The Morgan fingerprint density at radius 2 is 1.57 bits per heavy atom. The van der Waals surface area contributed by atoms with E-state index in [1.54, 1.807) is 10.6 Å². The molecular formula is C22H18ClN3O2. The van der Waals surface area contributed by atoms with Gasteiger partial charge in [-0.1, -0.05) is 60.1 Å². The third-order valence-electron chi connectivity index (χ3n) is 4.35. The van der Waals surface area contributed by atoms with E-state index in [2.05, 4.69) is 10.2 Å². The van der Waals surface area contributed by atoms with Crippen molar-refractivity contribution in [3.63, 3.8) is 0 Å². The van der Waals surface area contributed by atoms with Gasteiger partial charge >= 0.3 is 0 Å². The molecule has 0 aliphatic carbocycles. The number of fused-ring (bicyclic) bond motifs is 1. The van der Waals surface area contributed by atoms with Gasteiger partial charge < -0.3 is 14.4 Å². The zero-order valence-electron chi connectivity index (χ0n) is 15.0. The molecule has 0 aliphatic rings. The molecule has 0 spiro atoms. The number of aromatic hydroxyl groups is 1. The molecule has 5 nitrogen and oxygen atoms in total. The highest BCUT2D eigenvalue weighted by Crippen LogP contribution is 2.39. The van der Waals surface area contributed by atoms with E-state index in [0.29, 0.717) is 29.6 Å². The molecule has 0 saturated carbocycles. The maximum Gasteiger partial charge on any atom is 0.220 e. The average Bonchev–Trinajstić information content (AvgIpc) is 3.00. The van der Waals surface area contributed by atoms with Gasteiger partial charge in [0.1, 0.15) is 12.4 Å². The van der Waals surface area contributed by atoms with Crippen LogP contribution in [0.2, 0.25) is 5.02 Å². The number of halogens is 1. The molecule has 0 aliphatic heterocycles. The van der Waals surface area contributed by atoms with Crippen LogP contribution in [0.5, 0.6) is 11.6 Å². The van der Waals surface area contributed by atoms with Gasteiger partial charge in [-0.05, 0) is 30.3 Å². The molecule has 0 radical (unpaired) electrons. The van der Waals surface area contributed by atoms with Gasteiger partial charge in [-0.3, -0.25) is 0 Å². The Balaban J connectivity index is 1.61. The van der Waals surface area contributed by atoms with Gasteiger partial charge in [-0.2, -0.15) is 5.11 Å². The summed E-state index contributed by atoms with van der Waals surface area (Å²) in [5, 5.41) is 20.7. The van der Waals surface area contributed by atoms with Crippen LogP contribution in [-0.4, -0.2) is 16.3 Å². The van der Waals surface area contributed by atoms with E-state index >= 15 is 0 Å². The number of hydrogen-bond donors (Lipinski definition) is 1. The molecule has 0 fully saturated rings. The number of ether oxygens (including phenoxy) is 1. The predicted molar refractivity (Wildman–Crippen MR) is 111 cm³/mol. The Hall–Kier alpha value is -3.31. The van der Waals surface area contributed by atoms with Crippen molar-refractivity contribution in [1.82, 2.24) is 4.57 Å². The van der Waals surface area contributed by atoms with Crippen LogP contribution in [0.25, 0.3) is 10.9 Å². The Morgan fingerprint density at radius 3 is 2.39 bits per heavy atom. The highest BCUT2D eigenvalue weighted by Gasteiger charge is 2.16. The SMILES string of the molecule is Oc1c(N=Nc2ccccc2)c2ccccc2n1CCOc1ccccc1Cl. The third kappa shape index (κ3) is 3.70. The fourth-order valence-corrected chi connectivity index (χ4v) is 3.20. The molecule has 0 bridgehead atoms. The summed E-state index contributed by atoms with van der Waals surface area (Å²) in [5.41, 5.74) is 2.03. The molecule has 6 heteroatoms. The zero-order valence-corrected chi connectivity index (χ0v) is 15.8. The smallest absolute Gasteiger partial charge is 0.220 e. The number of nitrogens with zero attached hydrogens (tertiary/aromatic N) is 3. The van der Waals surface area contributed by atoms with Gasteiger partial charge in [0.25, 0.3) is 0 Å². The van der Waals surface area contributed by atoms with E-state index < -0.39 is 0 Å². The number of azo groups is 1. The average molecular weight is 392 g/mol. The maximum absolute atomic E-state index is 10.8. The van der Waals surface area contributed by atoms with Crippen molar-refractivity contribution in [2.24, 2.45) is 10.2 Å². The molecule has 4 aromatic rings. The molecule has 4 rings (SSSR count). The predicted octanol–water partition coefficient (Wildman–Crippen LogP) is 6.49. The molecule has 0 unspecified atom stereocenters. The third-order valence-corrected chi connectivity index (χ3v) is 4.66. The molecule has 1 heterocycles. The van der Waals surface area contributed by atoms with E-state index in [1.165, 1.54) is 0 Å². The highest BCUT2D eigenvalue weighted by molar-refractivity contribution is 6.32. The first-order valence-electron chi connectivity index (χ1n) is 8.88. The topological polar surface area (TPSA) is 59.1 Å². The summed E-state index contributed by atoms with van der Waals surface area (Å²) in [6.07, 6.45) is 0. The minimum atomic E-state index is 0.0589. The van der Waals surface area contributed by atoms with Crippen LogP contribution < -0.4 is 4.74 Å². The first-order valence-corrected chi connectivity index (χ1v) is 9.26. The molecule has 0 saturated heterocycles. The molecule has 0 amide bonds. The van der Waals surface area contributed by atoms with Gasteiger partial charge in [-0.15, -0.1) is 5.11 Å². The number of rotatable bonds is 6. The molecule has 3 aromatic carbocycles. The Bertz CT molecular complexity index is 1120. The molecular weight excluding hydrogens is 374 g/mol. The first kappa shape index (κ1) is 18.1. The second-order valence-electron chi connectivity index (χ2n) is 6.16. The van der Waals surface area contributed by atoms with Crippen LogP contribution in [-0.2, 0) is 6.54 Å². The number of aromatic nitrogens is 1. The lowest BCUT2D eigenvalue weighted by Gasteiger charge is -2.10. The summed E-state index contributed by atoms with van der Waals surface area (Å²) < 4.78 is 7.53. The number of benzene rings is 3. The zero-order chi connectivity index (χ0) is 19.3. The van der Waals surface area contributed by atoms with E-state index in [4.69, 9.17) is 16.3 Å². The van der Waals surface area contributed by atoms with Crippen LogP contribution in [0.4, 0.5) is 11.4 Å². The summed E-state index contributed by atoms with van der Waals surface area (Å²) in [6.45, 7) is 0.795. The lowest BCUT2D eigenvalue weighted by molar-refractivity contribution is 0.291. The minimum Gasteiger partial charge on any atom is -0.493 e. The van der Waals surface area contributed by atoms with Crippen LogP contribution in [0.1, 0.15) is 0 Å². The largest absolute Gasteiger partial charge is 0.493 e. The van der Waals surface area contributed by atoms with Crippen molar-refractivity contribution >= 4 is 33.9 Å². The van der Waals surface area contributed by atoms with E-state index in [0.717, 1.165) is 16.6 Å². The van der Waals surface area contributed by atoms with Gasteiger partial charge in [0, 0.05) is 5.39 Å². The van der Waals surface area contributed by atoms with Gasteiger partial charge in [0.2, 0.25) is 5.88 Å². The lowest BCUT2D eigenvalue weighted by Crippen LogP contribution is -2.07. The van der Waals surface area contributed by atoms with Crippen molar-refractivity contribution in [3.8, 4) is 11.6 Å². The quantitative estimate of drug-likeness (QED) is 0.381. The fourth-order valence-electron chi connectivity index (χ4n) is 3.01. The van der Waals surface area contributed by atoms with E-state index in [-0.39, 0.29) is 5.88 Å². The fraction of sp³-hybridized carbons (Fsp3) is 0.0909. The Labute approximate surface area is 167 Å². The Morgan fingerprint density at radius 1 is 0.857 bits per heavy atom. The summed E-state index contributed by atoms with van der Waals surface area (Å²) in [7, 11) is 0. The van der Waals surface area contributed by atoms with Crippen LogP contribution in [0.15, 0.2) is 89.1 Å². The van der Waals surface area contributed by atoms with Crippen LogP contribution >= 0.6 is 11.6 Å². The summed E-state index contributed by atoms with van der Waals surface area (Å²) in [4.78, 5) is 0. The first-order chi connectivity index (χ1) is 13.7. The highest BCUT2D eigenvalue weighted by atomic mass is 35.5. The summed E-state index contributed by atoms with van der Waals surface area (Å²) in [5.74, 6) is 0.674. The second kappa shape index (κ2) is 8.15. The Kier molecular flexibility index (Phi) is 5.26. The van der Waals surface area contributed by atoms with Crippen molar-refractivity contribution in [1.29, 1.82) is 0 Å². The van der Waals surface area contributed by atoms with Crippen molar-refractivity contribution in [2.75, 3.05) is 6.61 Å². The number of hydrogen-bond acceptors (Lipinski definition) is 4. The summed E-state index contributed by atoms with van der Waals surface area (Å²) >= 11 is 6.13. The number of para-hydroxylation sites is 2. The molecule has 140 valence electrons. The normalized spacial score (nSPS) is 11.3. The molecule has 1 aromatic heterocycles. The summed E-state index contributed by atoms with van der Waals surface area (Å²) in [6, 6.07) is 24.4. The van der Waals surface area contributed by atoms with Gasteiger partial charge in [0.05, 0.1) is 22.8 Å². The maximum atomic E-state index is 10.8. The van der Waals surface area contributed by atoms with Crippen LogP contribution in [0.3, 0.4) is 0 Å².